The molecule has 1 aromatic heterocycles. The first-order chi connectivity index (χ1) is 16.8. The van der Waals surface area contributed by atoms with Gasteiger partial charge in [0.25, 0.3) is 5.88 Å². The summed E-state index contributed by atoms with van der Waals surface area (Å²) in [5, 5.41) is 0. The average molecular weight is 670 g/mol. The normalized spacial score (nSPS) is 9.17. The number of rotatable bonds is 7. The molecule has 2 aromatic carbocycles. The van der Waals surface area contributed by atoms with Gasteiger partial charge >= 0.3 is 0 Å². The van der Waals surface area contributed by atoms with Crippen LogP contribution in [0.5, 0.6) is 40.4 Å². The summed E-state index contributed by atoms with van der Waals surface area (Å²) in [6.45, 7) is 5.91. The van der Waals surface area contributed by atoms with Crippen molar-refractivity contribution in [1.82, 2.24) is 4.98 Å². The summed E-state index contributed by atoms with van der Waals surface area (Å²) in [4.78, 5) is 4.02. The number of aryl methyl sites for hydroxylation is 3. The van der Waals surface area contributed by atoms with Gasteiger partial charge in [0, 0.05) is 38.8 Å². The third kappa shape index (κ3) is 9.86. The molecule has 0 aliphatic carbocycles. The van der Waals surface area contributed by atoms with Crippen LogP contribution in [-0.2, 0) is 21.1 Å². The van der Waals surface area contributed by atoms with E-state index < -0.39 is 0 Å². The third-order valence-electron chi connectivity index (χ3n) is 4.61. The molecule has 0 aliphatic rings. The summed E-state index contributed by atoms with van der Waals surface area (Å²) in [6, 6.07) is 12.4. The molecular formula is C27H36NO7W-. The molecular weight excluding hydrogens is 634 g/mol. The summed E-state index contributed by atoms with van der Waals surface area (Å²) in [7, 11) is 11.2. The Morgan fingerprint density at radius 1 is 0.556 bits per heavy atom. The fourth-order valence-electron chi connectivity index (χ4n) is 2.92. The summed E-state index contributed by atoms with van der Waals surface area (Å²) >= 11 is 0. The van der Waals surface area contributed by atoms with E-state index in [0.717, 1.165) is 22.4 Å². The SMILES string of the molecule is COc1[c-]cc(C)cc1OC.COc1cc(C)cc(OC)c1OC.COc1cc(C)cnc1OC.[W]. The molecule has 0 bridgehead atoms. The maximum Gasteiger partial charge on any atom is 0.256 e. The molecule has 36 heavy (non-hydrogen) atoms. The predicted octanol–water partition coefficient (Wildman–Crippen LogP) is 5.24. The molecule has 0 atom stereocenters. The van der Waals surface area contributed by atoms with E-state index in [0.29, 0.717) is 34.6 Å². The van der Waals surface area contributed by atoms with Crippen LogP contribution in [0.25, 0.3) is 0 Å². The molecule has 3 rings (SSSR count). The van der Waals surface area contributed by atoms with Gasteiger partial charge in [-0.3, -0.25) is 0 Å². The van der Waals surface area contributed by atoms with Crippen molar-refractivity contribution in [3.63, 3.8) is 0 Å². The van der Waals surface area contributed by atoms with E-state index in [1.54, 1.807) is 56.0 Å². The molecule has 0 aliphatic heterocycles. The van der Waals surface area contributed by atoms with Crippen molar-refractivity contribution in [3.05, 3.63) is 59.3 Å². The van der Waals surface area contributed by atoms with Gasteiger partial charge in [-0.05, 0) is 43.2 Å². The minimum atomic E-state index is 0. The monoisotopic (exact) mass is 670 g/mol. The molecule has 0 N–H and O–H groups in total. The van der Waals surface area contributed by atoms with Crippen LogP contribution in [0.4, 0.5) is 0 Å². The predicted molar refractivity (Wildman–Crippen MR) is 136 cm³/mol. The maximum absolute atomic E-state index is 5.16. The summed E-state index contributed by atoms with van der Waals surface area (Å²) in [6.07, 6.45) is 1.74. The Kier molecular flexibility index (Phi) is 15.8. The van der Waals surface area contributed by atoms with Gasteiger partial charge in [0.2, 0.25) is 5.75 Å². The molecule has 0 spiro atoms. The number of nitrogens with zero attached hydrogens (tertiary/aromatic N) is 1. The smallest absolute Gasteiger partial charge is 0.256 e. The third-order valence-corrected chi connectivity index (χ3v) is 4.61. The Morgan fingerprint density at radius 3 is 1.50 bits per heavy atom. The van der Waals surface area contributed by atoms with Gasteiger partial charge in [0.15, 0.2) is 17.2 Å². The van der Waals surface area contributed by atoms with Crippen LogP contribution in [0.2, 0.25) is 0 Å². The molecule has 8 nitrogen and oxygen atoms in total. The Labute approximate surface area is 229 Å². The van der Waals surface area contributed by atoms with Crippen molar-refractivity contribution in [2.45, 2.75) is 20.8 Å². The van der Waals surface area contributed by atoms with Crippen LogP contribution in [-0.4, -0.2) is 54.8 Å². The van der Waals surface area contributed by atoms with Gasteiger partial charge in [-0.1, -0.05) is 6.92 Å². The number of benzene rings is 2. The van der Waals surface area contributed by atoms with Crippen LogP contribution in [0.3, 0.4) is 0 Å². The van der Waals surface area contributed by atoms with Crippen LogP contribution >= 0.6 is 0 Å². The Morgan fingerprint density at radius 2 is 1.06 bits per heavy atom. The van der Waals surface area contributed by atoms with Crippen molar-refractivity contribution < 1.29 is 54.2 Å². The van der Waals surface area contributed by atoms with E-state index in [-0.39, 0.29) is 21.1 Å². The second-order valence-corrected chi connectivity index (χ2v) is 7.21. The Hall–Kier alpha value is -3.12. The number of aromatic nitrogens is 1. The fourth-order valence-corrected chi connectivity index (χ4v) is 2.92. The molecule has 0 fully saturated rings. The Bertz CT molecular complexity index is 982. The van der Waals surface area contributed by atoms with Gasteiger partial charge in [-0.15, -0.1) is 12.1 Å². The molecule has 0 saturated carbocycles. The minimum absolute atomic E-state index is 0. The summed E-state index contributed by atoms with van der Waals surface area (Å²) in [5.41, 5.74) is 3.25. The number of pyridine rings is 1. The molecule has 0 unspecified atom stereocenters. The first-order valence-corrected chi connectivity index (χ1v) is 10.7. The van der Waals surface area contributed by atoms with Gasteiger partial charge in [-0.2, -0.15) is 11.6 Å². The van der Waals surface area contributed by atoms with Crippen molar-refractivity contribution >= 4 is 0 Å². The van der Waals surface area contributed by atoms with Crippen molar-refractivity contribution in [2.75, 3.05) is 49.8 Å². The van der Waals surface area contributed by atoms with Gasteiger partial charge in [0.05, 0.1) is 49.8 Å². The molecule has 0 radical (unpaired) electrons. The van der Waals surface area contributed by atoms with Crippen LogP contribution in [0.1, 0.15) is 16.7 Å². The minimum Gasteiger partial charge on any atom is -0.551 e. The second kappa shape index (κ2) is 17.3. The molecule has 0 amide bonds. The van der Waals surface area contributed by atoms with Crippen molar-refractivity contribution in [1.29, 1.82) is 0 Å². The number of ether oxygens (including phenoxy) is 7. The van der Waals surface area contributed by atoms with Gasteiger partial charge < -0.3 is 33.2 Å². The Balaban J connectivity index is 0.000000506. The molecule has 0 saturated heterocycles. The quantitative estimate of drug-likeness (QED) is 0.317. The number of methoxy groups -OCH3 is 7. The van der Waals surface area contributed by atoms with Crippen LogP contribution < -0.4 is 33.2 Å². The molecule has 198 valence electrons. The van der Waals surface area contributed by atoms with Crippen LogP contribution in [0, 0.1) is 26.8 Å². The van der Waals surface area contributed by atoms with E-state index in [4.69, 9.17) is 33.2 Å². The van der Waals surface area contributed by atoms with Crippen molar-refractivity contribution in [2.24, 2.45) is 0 Å². The standard InChI is InChI=1S/C10H14O3.C9H11O2.C8H11NO2.W/c1-7-5-8(11-2)10(13-4)9(6-7)12-3;1-7-4-5-8(10-2)9(6-7)11-3;1-6-4-7(10-2)8(11-3)9-5-6;/h5-6H,1-4H3;4,6H,1-3H3;4-5H,1-3H3;/q;-1;;. The zero-order valence-corrected chi connectivity index (χ0v) is 25.6. The average Bonchev–Trinajstić information content (AvgIpc) is 2.88. The van der Waals surface area contributed by atoms with Gasteiger partial charge in [0.1, 0.15) is 0 Å². The van der Waals surface area contributed by atoms with E-state index in [1.165, 1.54) is 0 Å². The molecule has 9 heteroatoms. The summed E-state index contributed by atoms with van der Waals surface area (Å²) < 4.78 is 35.5. The summed E-state index contributed by atoms with van der Waals surface area (Å²) in [5.74, 6) is 4.60. The fraction of sp³-hybridized carbons (Fsp3) is 0.370. The van der Waals surface area contributed by atoms with E-state index >= 15 is 0 Å². The number of hydrogen-bond acceptors (Lipinski definition) is 8. The van der Waals surface area contributed by atoms with Crippen molar-refractivity contribution in [3.8, 4) is 40.4 Å². The van der Waals surface area contributed by atoms with E-state index in [1.807, 2.05) is 51.1 Å². The second-order valence-electron chi connectivity index (χ2n) is 7.21. The van der Waals surface area contributed by atoms with Crippen LogP contribution in [0.15, 0.2) is 36.5 Å². The first-order valence-electron chi connectivity index (χ1n) is 10.7. The first kappa shape index (κ1) is 32.9. The largest absolute Gasteiger partial charge is 0.551 e. The van der Waals surface area contributed by atoms with E-state index in [9.17, 15) is 0 Å². The number of hydrogen-bond donors (Lipinski definition) is 0. The van der Waals surface area contributed by atoms with Gasteiger partial charge in [-0.25, -0.2) is 4.98 Å². The zero-order chi connectivity index (χ0) is 26.4. The van der Waals surface area contributed by atoms with E-state index in [2.05, 4.69) is 11.1 Å². The molecule has 1 heterocycles. The molecule has 3 aromatic rings. The maximum atomic E-state index is 5.16. The zero-order valence-electron chi connectivity index (χ0n) is 22.7. The topological polar surface area (TPSA) is 77.5 Å².